The minimum Gasteiger partial charge on any atom is -0.438 e. The molecule has 1 aromatic heterocycles. The molecule has 0 bridgehead atoms. The van der Waals surface area contributed by atoms with Gasteiger partial charge in [0.1, 0.15) is 6.61 Å². The van der Waals surface area contributed by atoms with Crippen LogP contribution in [0, 0.1) is 13.8 Å². The summed E-state index contributed by atoms with van der Waals surface area (Å²) in [6, 6.07) is 5.86. The first-order valence-electron chi connectivity index (χ1n) is 4.96. The minimum absolute atomic E-state index is 0.119. The number of nitrogens with zero attached hydrogens (tertiary/aromatic N) is 1. The van der Waals surface area contributed by atoms with Gasteiger partial charge < -0.3 is 9.52 Å². The Morgan fingerprint density at radius 3 is 2.75 bits per heavy atom. The van der Waals surface area contributed by atoms with E-state index in [9.17, 15) is 0 Å². The largest absolute Gasteiger partial charge is 0.438 e. The maximum absolute atomic E-state index is 9.06. The van der Waals surface area contributed by atoms with Crippen LogP contribution in [0.4, 0.5) is 0 Å². The third kappa shape index (κ3) is 1.90. The van der Waals surface area contributed by atoms with E-state index in [1.807, 2.05) is 32.0 Å². The van der Waals surface area contributed by atoms with Crippen molar-refractivity contribution in [1.29, 1.82) is 0 Å². The van der Waals surface area contributed by atoms with Crippen LogP contribution in [0.15, 0.2) is 27.1 Å². The van der Waals surface area contributed by atoms with Crippen molar-refractivity contribution in [1.82, 2.24) is 4.98 Å². The van der Waals surface area contributed by atoms with Gasteiger partial charge in [-0.2, -0.15) is 0 Å². The second kappa shape index (κ2) is 4.39. The van der Waals surface area contributed by atoms with Crippen LogP contribution in [0.5, 0.6) is 0 Å². The number of aryl methyl sites for hydroxylation is 1. The zero-order chi connectivity index (χ0) is 11.7. The number of hydrogen-bond acceptors (Lipinski definition) is 3. The van der Waals surface area contributed by atoms with Gasteiger partial charge in [-0.15, -0.1) is 0 Å². The molecule has 1 aromatic carbocycles. The topological polar surface area (TPSA) is 46.3 Å². The van der Waals surface area contributed by atoms with Crippen molar-refractivity contribution in [2.24, 2.45) is 0 Å². The predicted octanol–water partition coefficient (Wildman–Crippen LogP) is 3.21. The Morgan fingerprint density at radius 1 is 1.38 bits per heavy atom. The van der Waals surface area contributed by atoms with E-state index in [1.54, 1.807) is 0 Å². The molecule has 0 aliphatic rings. The third-order valence-electron chi connectivity index (χ3n) is 2.53. The highest BCUT2D eigenvalue weighted by Gasteiger charge is 2.13. The van der Waals surface area contributed by atoms with Crippen LogP contribution in [0.3, 0.4) is 0 Å². The lowest BCUT2D eigenvalue weighted by molar-refractivity contribution is 0.247. The molecule has 1 heterocycles. The van der Waals surface area contributed by atoms with Gasteiger partial charge in [0.15, 0.2) is 5.76 Å². The maximum atomic E-state index is 9.06. The minimum atomic E-state index is -0.119. The van der Waals surface area contributed by atoms with Gasteiger partial charge >= 0.3 is 0 Å². The van der Waals surface area contributed by atoms with Gasteiger partial charge in [-0.25, -0.2) is 4.98 Å². The van der Waals surface area contributed by atoms with Crippen molar-refractivity contribution in [3.05, 3.63) is 39.7 Å². The Balaban J connectivity index is 2.54. The Kier molecular flexibility index (Phi) is 3.12. The van der Waals surface area contributed by atoms with E-state index >= 15 is 0 Å². The van der Waals surface area contributed by atoms with E-state index in [4.69, 9.17) is 9.52 Å². The highest BCUT2D eigenvalue weighted by atomic mass is 79.9. The second-order valence-electron chi connectivity index (χ2n) is 3.60. The number of benzene rings is 1. The van der Waals surface area contributed by atoms with Crippen LogP contribution in [0.2, 0.25) is 0 Å². The number of halogens is 1. The molecule has 0 saturated carbocycles. The second-order valence-corrected chi connectivity index (χ2v) is 4.45. The van der Waals surface area contributed by atoms with Crippen LogP contribution in [0.25, 0.3) is 11.5 Å². The van der Waals surface area contributed by atoms with E-state index in [1.165, 1.54) is 0 Å². The molecule has 3 nitrogen and oxygen atoms in total. The zero-order valence-corrected chi connectivity index (χ0v) is 10.7. The van der Waals surface area contributed by atoms with E-state index in [0.717, 1.165) is 21.3 Å². The molecule has 0 amide bonds. The first-order valence-corrected chi connectivity index (χ1v) is 5.75. The quantitative estimate of drug-likeness (QED) is 0.920. The normalized spacial score (nSPS) is 10.8. The average molecular weight is 282 g/mol. The van der Waals surface area contributed by atoms with Crippen molar-refractivity contribution in [2.45, 2.75) is 20.5 Å². The molecular weight excluding hydrogens is 270 g/mol. The molecule has 0 atom stereocenters. The van der Waals surface area contributed by atoms with E-state index in [2.05, 4.69) is 20.9 Å². The number of oxazole rings is 1. The van der Waals surface area contributed by atoms with Gasteiger partial charge in [0, 0.05) is 10.0 Å². The van der Waals surface area contributed by atoms with Crippen LogP contribution < -0.4 is 0 Å². The van der Waals surface area contributed by atoms with Crippen molar-refractivity contribution in [3.63, 3.8) is 0 Å². The molecule has 0 radical (unpaired) electrons. The van der Waals surface area contributed by atoms with Crippen LogP contribution in [-0.4, -0.2) is 10.1 Å². The lowest BCUT2D eigenvalue weighted by Gasteiger charge is -2.02. The van der Waals surface area contributed by atoms with Crippen molar-refractivity contribution >= 4 is 15.9 Å². The summed E-state index contributed by atoms with van der Waals surface area (Å²) >= 11 is 3.47. The number of aliphatic hydroxyl groups is 1. The molecule has 0 unspecified atom stereocenters. The highest BCUT2D eigenvalue weighted by molar-refractivity contribution is 9.10. The molecule has 2 rings (SSSR count). The molecule has 16 heavy (non-hydrogen) atoms. The standard InChI is InChI=1S/C12H12BrNO2/c1-7-9(4-3-5-10(7)13)12-14-8(2)11(6-15)16-12/h3-5,15H,6H2,1-2H3. The molecule has 0 spiro atoms. The van der Waals surface area contributed by atoms with Crippen LogP contribution in [0.1, 0.15) is 17.0 Å². The summed E-state index contributed by atoms with van der Waals surface area (Å²) in [5.74, 6) is 1.08. The molecule has 1 N–H and O–H groups in total. The van der Waals surface area contributed by atoms with Gasteiger partial charge in [0.2, 0.25) is 5.89 Å². The monoisotopic (exact) mass is 281 g/mol. The van der Waals surface area contributed by atoms with Gasteiger partial charge in [-0.05, 0) is 31.5 Å². The first kappa shape index (κ1) is 11.4. The highest BCUT2D eigenvalue weighted by Crippen LogP contribution is 2.29. The molecule has 4 heteroatoms. The smallest absolute Gasteiger partial charge is 0.226 e. The van der Waals surface area contributed by atoms with Crippen molar-refractivity contribution in [3.8, 4) is 11.5 Å². The molecular formula is C12H12BrNO2. The first-order chi connectivity index (χ1) is 7.63. The van der Waals surface area contributed by atoms with E-state index < -0.39 is 0 Å². The molecule has 0 fully saturated rings. The Labute approximate surface area is 102 Å². The van der Waals surface area contributed by atoms with Crippen molar-refractivity contribution < 1.29 is 9.52 Å². The fraction of sp³-hybridized carbons (Fsp3) is 0.250. The summed E-state index contributed by atoms with van der Waals surface area (Å²) in [7, 11) is 0. The Morgan fingerprint density at radius 2 is 2.12 bits per heavy atom. The molecule has 84 valence electrons. The zero-order valence-electron chi connectivity index (χ0n) is 9.12. The third-order valence-corrected chi connectivity index (χ3v) is 3.39. The Hall–Kier alpha value is -1.13. The number of hydrogen-bond donors (Lipinski definition) is 1. The maximum Gasteiger partial charge on any atom is 0.226 e. The molecule has 2 aromatic rings. The van der Waals surface area contributed by atoms with Crippen LogP contribution in [-0.2, 0) is 6.61 Å². The summed E-state index contributed by atoms with van der Waals surface area (Å²) in [4.78, 5) is 4.31. The lowest BCUT2D eigenvalue weighted by atomic mass is 10.1. The number of rotatable bonds is 2. The van der Waals surface area contributed by atoms with E-state index in [-0.39, 0.29) is 6.61 Å². The van der Waals surface area contributed by atoms with Crippen molar-refractivity contribution in [2.75, 3.05) is 0 Å². The van der Waals surface area contributed by atoms with Crippen LogP contribution >= 0.6 is 15.9 Å². The molecule has 0 aliphatic heterocycles. The number of aromatic nitrogens is 1. The summed E-state index contributed by atoms with van der Waals surface area (Å²) in [5.41, 5.74) is 2.75. The van der Waals surface area contributed by atoms with E-state index in [0.29, 0.717) is 11.7 Å². The predicted molar refractivity (Wildman–Crippen MR) is 65.0 cm³/mol. The Bertz CT molecular complexity index is 520. The molecule has 0 saturated heterocycles. The summed E-state index contributed by atoms with van der Waals surface area (Å²) < 4.78 is 6.52. The summed E-state index contributed by atoms with van der Waals surface area (Å²) in [5, 5.41) is 9.06. The summed E-state index contributed by atoms with van der Waals surface area (Å²) in [6.45, 7) is 3.70. The van der Waals surface area contributed by atoms with Gasteiger partial charge in [-0.3, -0.25) is 0 Å². The van der Waals surface area contributed by atoms with Gasteiger partial charge in [-0.1, -0.05) is 22.0 Å². The fourth-order valence-electron chi connectivity index (χ4n) is 1.53. The fourth-order valence-corrected chi connectivity index (χ4v) is 1.90. The van der Waals surface area contributed by atoms with Gasteiger partial charge in [0.25, 0.3) is 0 Å². The lowest BCUT2D eigenvalue weighted by Crippen LogP contribution is -1.84. The summed E-state index contributed by atoms with van der Waals surface area (Å²) in [6.07, 6.45) is 0. The SMILES string of the molecule is Cc1nc(-c2cccc(Br)c2C)oc1CO. The average Bonchev–Trinajstić information content (AvgIpc) is 2.63. The van der Waals surface area contributed by atoms with Gasteiger partial charge in [0.05, 0.1) is 5.69 Å². The molecule has 0 aliphatic carbocycles. The number of aliphatic hydroxyl groups excluding tert-OH is 1.